The van der Waals surface area contributed by atoms with Crippen LogP contribution < -0.4 is 10.1 Å². The Hall–Kier alpha value is -0.730. The Balaban J connectivity index is 2.36. The van der Waals surface area contributed by atoms with Crippen LogP contribution in [-0.2, 0) is 0 Å². The molecular formula is C14H22ClNO. The van der Waals surface area contributed by atoms with Gasteiger partial charge in [-0.1, -0.05) is 18.5 Å². The first-order valence-corrected chi connectivity index (χ1v) is 6.63. The van der Waals surface area contributed by atoms with Crippen LogP contribution in [0.3, 0.4) is 0 Å². The molecule has 0 unspecified atom stereocenters. The molecule has 0 amide bonds. The summed E-state index contributed by atoms with van der Waals surface area (Å²) in [6.45, 7) is 9.08. The van der Waals surface area contributed by atoms with Crippen molar-refractivity contribution in [3.8, 4) is 5.75 Å². The lowest BCUT2D eigenvalue weighted by atomic mass is 10.1. The minimum absolute atomic E-state index is 0.750. The normalized spacial score (nSPS) is 10.6. The van der Waals surface area contributed by atoms with Crippen molar-refractivity contribution in [1.29, 1.82) is 0 Å². The van der Waals surface area contributed by atoms with Gasteiger partial charge < -0.3 is 10.1 Å². The molecule has 3 heteroatoms. The molecule has 1 aromatic carbocycles. The van der Waals surface area contributed by atoms with Crippen molar-refractivity contribution in [2.75, 3.05) is 19.7 Å². The summed E-state index contributed by atoms with van der Waals surface area (Å²) in [4.78, 5) is 0. The standard InChI is InChI=1S/C14H22ClNO/c1-4-6-16-7-5-8-17-14-11(2)9-13(15)10-12(14)3/h9-10,16H,4-8H2,1-3H3. The number of nitrogens with one attached hydrogen (secondary N) is 1. The fraction of sp³-hybridized carbons (Fsp3) is 0.571. The van der Waals surface area contributed by atoms with E-state index in [1.165, 1.54) is 6.42 Å². The van der Waals surface area contributed by atoms with E-state index in [-0.39, 0.29) is 0 Å². The number of halogens is 1. The lowest BCUT2D eigenvalue weighted by molar-refractivity contribution is 0.304. The monoisotopic (exact) mass is 255 g/mol. The highest BCUT2D eigenvalue weighted by atomic mass is 35.5. The van der Waals surface area contributed by atoms with Gasteiger partial charge in [-0.25, -0.2) is 0 Å². The van der Waals surface area contributed by atoms with Gasteiger partial charge in [-0.15, -0.1) is 0 Å². The molecule has 0 aliphatic carbocycles. The van der Waals surface area contributed by atoms with E-state index in [4.69, 9.17) is 16.3 Å². The zero-order valence-corrected chi connectivity index (χ0v) is 11.7. The molecule has 1 N–H and O–H groups in total. The summed E-state index contributed by atoms with van der Waals surface area (Å²) in [6, 6.07) is 3.89. The highest BCUT2D eigenvalue weighted by Gasteiger charge is 2.05. The van der Waals surface area contributed by atoms with Crippen molar-refractivity contribution in [1.82, 2.24) is 5.32 Å². The highest BCUT2D eigenvalue weighted by molar-refractivity contribution is 6.30. The molecule has 1 rings (SSSR count). The van der Waals surface area contributed by atoms with Crippen molar-refractivity contribution >= 4 is 11.6 Å². The van der Waals surface area contributed by atoms with Gasteiger partial charge in [-0.05, 0) is 63.0 Å². The molecule has 2 nitrogen and oxygen atoms in total. The molecule has 0 radical (unpaired) electrons. The van der Waals surface area contributed by atoms with Crippen molar-refractivity contribution in [2.24, 2.45) is 0 Å². The number of rotatable bonds is 7. The van der Waals surface area contributed by atoms with Crippen LogP contribution in [0.2, 0.25) is 5.02 Å². The molecule has 0 aliphatic heterocycles. The molecule has 96 valence electrons. The summed E-state index contributed by atoms with van der Waals surface area (Å²) in [5, 5.41) is 4.13. The van der Waals surface area contributed by atoms with E-state index < -0.39 is 0 Å². The Morgan fingerprint density at radius 2 is 1.82 bits per heavy atom. The largest absolute Gasteiger partial charge is 0.493 e. The Morgan fingerprint density at radius 3 is 2.41 bits per heavy atom. The zero-order chi connectivity index (χ0) is 12.7. The Morgan fingerprint density at radius 1 is 1.18 bits per heavy atom. The first-order chi connectivity index (χ1) is 8.15. The predicted octanol–water partition coefficient (Wildman–Crippen LogP) is 3.73. The number of benzene rings is 1. The fourth-order valence-corrected chi connectivity index (χ4v) is 2.13. The number of hydrogen-bond donors (Lipinski definition) is 1. The minimum atomic E-state index is 0.750. The lowest BCUT2D eigenvalue weighted by Gasteiger charge is -2.12. The maximum atomic E-state index is 5.98. The van der Waals surface area contributed by atoms with Crippen LogP contribution in [0, 0.1) is 13.8 Å². The number of ether oxygens (including phenoxy) is 1. The Labute approximate surface area is 109 Å². The van der Waals surface area contributed by atoms with Crippen molar-refractivity contribution in [2.45, 2.75) is 33.6 Å². The second-order valence-corrected chi connectivity index (χ2v) is 4.76. The molecule has 0 spiro atoms. The summed E-state index contributed by atoms with van der Waals surface area (Å²) in [5.41, 5.74) is 2.22. The molecule has 0 saturated heterocycles. The van der Waals surface area contributed by atoms with E-state index >= 15 is 0 Å². The average molecular weight is 256 g/mol. The van der Waals surface area contributed by atoms with Gasteiger partial charge in [0.1, 0.15) is 5.75 Å². The summed E-state index contributed by atoms with van der Waals surface area (Å²) in [6.07, 6.45) is 2.21. The summed E-state index contributed by atoms with van der Waals surface area (Å²) in [5.74, 6) is 0.977. The van der Waals surface area contributed by atoms with Gasteiger partial charge in [0.2, 0.25) is 0 Å². The van der Waals surface area contributed by atoms with Gasteiger partial charge in [-0.2, -0.15) is 0 Å². The molecule has 0 fully saturated rings. The van der Waals surface area contributed by atoms with Crippen LogP contribution in [0.4, 0.5) is 0 Å². The first kappa shape index (κ1) is 14.3. The third-order valence-corrected chi connectivity index (χ3v) is 2.81. The zero-order valence-electron chi connectivity index (χ0n) is 11.0. The van der Waals surface area contributed by atoms with E-state index in [1.807, 2.05) is 26.0 Å². The molecule has 0 heterocycles. The number of aryl methyl sites for hydroxylation is 2. The van der Waals surface area contributed by atoms with Gasteiger partial charge >= 0.3 is 0 Å². The molecule has 1 aromatic rings. The molecule has 0 bridgehead atoms. The quantitative estimate of drug-likeness (QED) is 0.750. The number of hydrogen-bond acceptors (Lipinski definition) is 2. The van der Waals surface area contributed by atoms with Crippen molar-refractivity contribution in [3.05, 3.63) is 28.3 Å². The summed E-state index contributed by atoms with van der Waals surface area (Å²) >= 11 is 5.98. The molecule has 0 saturated carbocycles. The molecule has 0 aromatic heterocycles. The molecule has 17 heavy (non-hydrogen) atoms. The predicted molar refractivity (Wildman–Crippen MR) is 74.2 cm³/mol. The third-order valence-electron chi connectivity index (χ3n) is 2.60. The minimum Gasteiger partial charge on any atom is -0.493 e. The highest BCUT2D eigenvalue weighted by Crippen LogP contribution is 2.26. The molecular weight excluding hydrogens is 234 g/mol. The fourth-order valence-electron chi connectivity index (χ4n) is 1.80. The van der Waals surface area contributed by atoms with E-state index in [0.717, 1.165) is 48.0 Å². The van der Waals surface area contributed by atoms with E-state index in [1.54, 1.807) is 0 Å². The molecule has 0 atom stereocenters. The summed E-state index contributed by atoms with van der Waals surface area (Å²) < 4.78 is 5.80. The third kappa shape index (κ3) is 4.97. The van der Waals surface area contributed by atoms with E-state index in [2.05, 4.69) is 12.2 Å². The molecule has 0 aliphatic rings. The van der Waals surface area contributed by atoms with E-state index in [0.29, 0.717) is 0 Å². The van der Waals surface area contributed by atoms with Crippen LogP contribution >= 0.6 is 11.6 Å². The maximum Gasteiger partial charge on any atom is 0.125 e. The average Bonchev–Trinajstić information content (AvgIpc) is 2.26. The van der Waals surface area contributed by atoms with Crippen LogP contribution in [0.1, 0.15) is 30.9 Å². The van der Waals surface area contributed by atoms with Crippen LogP contribution in [0.5, 0.6) is 5.75 Å². The maximum absolute atomic E-state index is 5.98. The van der Waals surface area contributed by atoms with Crippen LogP contribution in [0.15, 0.2) is 12.1 Å². The van der Waals surface area contributed by atoms with Crippen LogP contribution in [0.25, 0.3) is 0 Å². The van der Waals surface area contributed by atoms with Gasteiger partial charge in [0.05, 0.1) is 6.61 Å². The smallest absolute Gasteiger partial charge is 0.125 e. The van der Waals surface area contributed by atoms with Gasteiger partial charge in [-0.3, -0.25) is 0 Å². The van der Waals surface area contributed by atoms with Crippen molar-refractivity contribution in [3.63, 3.8) is 0 Å². The second-order valence-electron chi connectivity index (χ2n) is 4.32. The van der Waals surface area contributed by atoms with Gasteiger partial charge in [0, 0.05) is 5.02 Å². The van der Waals surface area contributed by atoms with E-state index in [9.17, 15) is 0 Å². The van der Waals surface area contributed by atoms with Gasteiger partial charge in [0.15, 0.2) is 0 Å². The summed E-state index contributed by atoms with van der Waals surface area (Å²) in [7, 11) is 0. The topological polar surface area (TPSA) is 21.3 Å². The second kappa shape index (κ2) is 7.57. The lowest BCUT2D eigenvalue weighted by Crippen LogP contribution is -2.18. The Kier molecular flexibility index (Phi) is 6.38. The first-order valence-electron chi connectivity index (χ1n) is 6.25. The Bertz CT molecular complexity index is 329. The van der Waals surface area contributed by atoms with Crippen molar-refractivity contribution < 1.29 is 4.74 Å². The SMILES string of the molecule is CCCNCCCOc1c(C)cc(Cl)cc1C. The van der Waals surface area contributed by atoms with Crippen LogP contribution in [-0.4, -0.2) is 19.7 Å². The van der Waals surface area contributed by atoms with Gasteiger partial charge in [0.25, 0.3) is 0 Å².